The molecule has 0 spiro atoms. The SMILES string of the molecule is CN=C(NCCCn1nc2n(c1=O)CCCC2)N(C)Cc1ccc(F)cc1.I. The minimum atomic E-state index is -0.236. The van der Waals surface area contributed by atoms with E-state index in [-0.39, 0.29) is 35.5 Å². The number of fused-ring (bicyclic) bond motifs is 1. The van der Waals surface area contributed by atoms with Crippen molar-refractivity contribution in [3.8, 4) is 0 Å². The number of nitrogens with zero attached hydrogens (tertiary/aromatic N) is 5. The van der Waals surface area contributed by atoms with Crippen molar-refractivity contribution in [2.75, 3.05) is 20.6 Å². The van der Waals surface area contributed by atoms with Crippen LogP contribution in [0.25, 0.3) is 0 Å². The minimum absolute atomic E-state index is 0. The lowest BCUT2D eigenvalue weighted by Gasteiger charge is -2.22. The molecule has 1 aliphatic heterocycles. The summed E-state index contributed by atoms with van der Waals surface area (Å²) in [6.45, 7) is 2.69. The molecule has 2 aromatic rings. The maximum absolute atomic E-state index is 13.0. The van der Waals surface area contributed by atoms with Crippen LogP contribution < -0.4 is 11.0 Å². The monoisotopic (exact) mass is 502 g/mol. The molecule has 0 unspecified atom stereocenters. The van der Waals surface area contributed by atoms with E-state index in [2.05, 4.69) is 15.4 Å². The summed E-state index contributed by atoms with van der Waals surface area (Å²) in [4.78, 5) is 18.6. The fraction of sp³-hybridized carbons (Fsp3) is 0.526. The zero-order valence-corrected chi connectivity index (χ0v) is 18.7. The first-order valence-corrected chi connectivity index (χ1v) is 9.41. The summed E-state index contributed by atoms with van der Waals surface area (Å²) in [6.07, 6.45) is 3.83. The Balaban J connectivity index is 0.00000280. The van der Waals surface area contributed by atoms with Crippen molar-refractivity contribution in [1.29, 1.82) is 0 Å². The van der Waals surface area contributed by atoms with Gasteiger partial charge in [-0.1, -0.05) is 12.1 Å². The Morgan fingerprint density at radius 2 is 2.07 bits per heavy atom. The van der Waals surface area contributed by atoms with Crippen LogP contribution in [-0.2, 0) is 26.1 Å². The number of aromatic nitrogens is 3. The molecule has 3 rings (SSSR count). The summed E-state index contributed by atoms with van der Waals surface area (Å²) in [5.74, 6) is 1.44. The number of halogens is 2. The molecule has 1 aromatic heterocycles. The molecule has 0 aliphatic carbocycles. The molecule has 0 fully saturated rings. The molecule has 0 bridgehead atoms. The molecule has 1 aliphatic rings. The van der Waals surface area contributed by atoms with Gasteiger partial charge in [-0.15, -0.1) is 24.0 Å². The van der Waals surface area contributed by atoms with E-state index in [0.29, 0.717) is 19.6 Å². The van der Waals surface area contributed by atoms with E-state index in [1.54, 1.807) is 28.4 Å². The van der Waals surface area contributed by atoms with Crippen LogP contribution in [0.1, 0.15) is 30.7 Å². The van der Waals surface area contributed by atoms with Crippen LogP contribution >= 0.6 is 24.0 Å². The van der Waals surface area contributed by atoms with E-state index in [9.17, 15) is 9.18 Å². The molecule has 9 heteroatoms. The van der Waals surface area contributed by atoms with Gasteiger partial charge in [-0.05, 0) is 37.0 Å². The van der Waals surface area contributed by atoms with Gasteiger partial charge < -0.3 is 10.2 Å². The van der Waals surface area contributed by atoms with Gasteiger partial charge in [-0.2, -0.15) is 5.10 Å². The minimum Gasteiger partial charge on any atom is -0.356 e. The molecule has 0 saturated heterocycles. The molecule has 1 aromatic carbocycles. The second kappa shape index (κ2) is 10.6. The molecular formula is C19H28FIN6O. The Bertz CT molecular complexity index is 845. The number of hydrogen-bond acceptors (Lipinski definition) is 3. The van der Waals surface area contributed by atoms with Crippen molar-refractivity contribution in [3.05, 3.63) is 52.0 Å². The maximum Gasteiger partial charge on any atom is 0.345 e. The number of guanidine groups is 1. The smallest absolute Gasteiger partial charge is 0.345 e. The van der Waals surface area contributed by atoms with Crippen LogP contribution in [-0.4, -0.2) is 45.8 Å². The van der Waals surface area contributed by atoms with Gasteiger partial charge in [0, 0.05) is 46.7 Å². The molecule has 0 atom stereocenters. The maximum atomic E-state index is 13.0. The van der Waals surface area contributed by atoms with E-state index < -0.39 is 0 Å². The van der Waals surface area contributed by atoms with Crippen LogP contribution in [0.15, 0.2) is 34.1 Å². The van der Waals surface area contributed by atoms with Gasteiger partial charge in [0.05, 0.1) is 0 Å². The highest BCUT2D eigenvalue weighted by Crippen LogP contribution is 2.09. The lowest BCUT2D eigenvalue weighted by atomic mass is 10.2. The van der Waals surface area contributed by atoms with Crippen LogP contribution in [0.3, 0.4) is 0 Å². The molecule has 1 N–H and O–H groups in total. The van der Waals surface area contributed by atoms with E-state index in [4.69, 9.17) is 0 Å². The van der Waals surface area contributed by atoms with Crippen LogP contribution in [0.4, 0.5) is 4.39 Å². The Morgan fingerprint density at radius 3 is 2.75 bits per heavy atom. The fourth-order valence-electron chi connectivity index (χ4n) is 3.35. The Hall–Kier alpha value is -1.91. The zero-order chi connectivity index (χ0) is 19.2. The van der Waals surface area contributed by atoms with E-state index in [1.165, 1.54) is 12.1 Å². The van der Waals surface area contributed by atoms with E-state index in [0.717, 1.165) is 49.6 Å². The molecule has 0 radical (unpaired) electrons. The van der Waals surface area contributed by atoms with Gasteiger partial charge in [0.2, 0.25) is 0 Å². The summed E-state index contributed by atoms with van der Waals surface area (Å²) < 4.78 is 16.4. The third-order valence-electron chi connectivity index (χ3n) is 4.77. The average Bonchev–Trinajstić information content (AvgIpc) is 3.00. The predicted molar refractivity (Wildman–Crippen MR) is 119 cm³/mol. The van der Waals surface area contributed by atoms with Gasteiger partial charge in [0.15, 0.2) is 5.96 Å². The lowest BCUT2D eigenvalue weighted by Crippen LogP contribution is -2.39. The Morgan fingerprint density at radius 1 is 1.32 bits per heavy atom. The average molecular weight is 502 g/mol. The lowest BCUT2D eigenvalue weighted by molar-refractivity contribution is 0.469. The number of aliphatic imine (C=N–C) groups is 1. The number of benzene rings is 1. The third-order valence-corrected chi connectivity index (χ3v) is 4.77. The second-order valence-electron chi connectivity index (χ2n) is 6.84. The number of aryl methyl sites for hydroxylation is 2. The summed E-state index contributed by atoms with van der Waals surface area (Å²) in [5.41, 5.74) is 1.01. The topological polar surface area (TPSA) is 67.5 Å². The third kappa shape index (κ3) is 5.55. The van der Waals surface area contributed by atoms with Crippen molar-refractivity contribution < 1.29 is 4.39 Å². The van der Waals surface area contributed by atoms with Crippen LogP contribution in [0.5, 0.6) is 0 Å². The van der Waals surface area contributed by atoms with Crippen LogP contribution in [0, 0.1) is 5.82 Å². The molecule has 154 valence electrons. The standard InChI is InChI=1S/C19H27FN6O.HI/c1-21-18(24(2)14-15-7-9-16(20)10-8-15)22-11-5-13-26-19(27)25-12-4-3-6-17(25)23-26;/h7-10H,3-6,11-14H2,1-2H3,(H,21,22);1H. The normalized spacial score (nSPS) is 13.6. The highest BCUT2D eigenvalue weighted by Gasteiger charge is 2.16. The number of rotatable bonds is 6. The molecular weight excluding hydrogens is 474 g/mol. The largest absolute Gasteiger partial charge is 0.356 e. The van der Waals surface area contributed by atoms with Crippen molar-refractivity contribution in [2.24, 2.45) is 4.99 Å². The van der Waals surface area contributed by atoms with Gasteiger partial charge in [-0.25, -0.2) is 13.9 Å². The number of nitrogens with one attached hydrogen (secondary N) is 1. The van der Waals surface area contributed by atoms with Gasteiger partial charge >= 0.3 is 5.69 Å². The molecule has 28 heavy (non-hydrogen) atoms. The first-order chi connectivity index (χ1) is 13.1. The van der Waals surface area contributed by atoms with Crippen LogP contribution in [0.2, 0.25) is 0 Å². The summed E-state index contributed by atoms with van der Waals surface area (Å²) >= 11 is 0. The highest BCUT2D eigenvalue weighted by molar-refractivity contribution is 14.0. The van der Waals surface area contributed by atoms with E-state index in [1.807, 2.05) is 11.9 Å². The Labute approximate surface area is 181 Å². The summed E-state index contributed by atoms with van der Waals surface area (Å²) in [5, 5.41) is 7.76. The predicted octanol–water partition coefficient (Wildman–Crippen LogP) is 2.24. The van der Waals surface area contributed by atoms with Gasteiger partial charge in [-0.3, -0.25) is 9.56 Å². The quantitative estimate of drug-likeness (QED) is 0.285. The first-order valence-electron chi connectivity index (χ1n) is 9.41. The van der Waals surface area contributed by atoms with Crippen molar-refractivity contribution in [1.82, 2.24) is 24.6 Å². The fourth-order valence-corrected chi connectivity index (χ4v) is 3.35. The Kier molecular flexibility index (Phi) is 8.46. The second-order valence-corrected chi connectivity index (χ2v) is 6.84. The van der Waals surface area contributed by atoms with E-state index >= 15 is 0 Å². The molecule has 2 heterocycles. The summed E-state index contributed by atoms with van der Waals surface area (Å²) in [7, 11) is 3.67. The van der Waals surface area contributed by atoms with Gasteiger partial charge in [0.25, 0.3) is 0 Å². The summed E-state index contributed by atoms with van der Waals surface area (Å²) in [6, 6.07) is 6.46. The number of hydrogen-bond donors (Lipinski definition) is 1. The molecule has 0 saturated carbocycles. The van der Waals surface area contributed by atoms with Crippen molar-refractivity contribution >= 4 is 29.9 Å². The van der Waals surface area contributed by atoms with Crippen molar-refractivity contribution in [3.63, 3.8) is 0 Å². The molecule has 7 nitrogen and oxygen atoms in total. The molecule has 0 amide bonds. The first kappa shape index (κ1) is 22.4. The van der Waals surface area contributed by atoms with Gasteiger partial charge in [0.1, 0.15) is 11.6 Å². The highest BCUT2D eigenvalue weighted by atomic mass is 127. The van der Waals surface area contributed by atoms with Crippen molar-refractivity contribution in [2.45, 2.75) is 45.3 Å². The zero-order valence-electron chi connectivity index (χ0n) is 16.4.